The van der Waals surface area contributed by atoms with Gasteiger partial charge in [-0.05, 0) is 19.1 Å². The Bertz CT molecular complexity index is 692. The minimum Gasteiger partial charge on any atom is -0.488 e. The first-order chi connectivity index (χ1) is 12.6. The molecule has 26 heavy (non-hydrogen) atoms. The van der Waals surface area contributed by atoms with Crippen molar-refractivity contribution < 1.29 is 19.2 Å². The second-order valence-corrected chi connectivity index (χ2v) is 5.95. The van der Waals surface area contributed by atoms with Crippen LogP contribution in [0.1, 0.15) is 18.5 Å². The number of benzene rings is 2. The van der Waals surface area contributed by atoms with Gasteiger partial charge in [-0.25, -0.2) is 4.79 Å². The fourth-order valence-corrected chi connectivity index (χ4v) is 2.68. The Balaban J connectivity index is 2.02. The Hall–Kier alpha value is -2.86. The molecule has 0 bridgehead atoms. The van der Waals surface area contributed by atoms with E-state index < -0.39 is 12.1 Å². The monoisotopic (exact) mass is 356 g/mol. The van der Waals surface area contributed by atoms with E-state index in [1.165, 1.54) is 0 Å². The van der Waals surface area contributed by atoms with Gasteiger partial charge in [0.15, 0.2) is 6.04 Å². The smallest absolute Gasteiger partial charge is 0.321 e. The van der Waals surface area contributed by atoms with Crippen LogP contribution in [0.25, 0.3) is 0 Å². The molecule has 0 heterocycles. The zero-order valence-electron chi connectivity index (χ0n) is 15.2. The SMILES string of the molecule is CCNC(=O)NC(=O)[C@H](c1ccccc1)[NH+](C)CCOc1ccccc1. The molecule has 2 aromatic carbocycles. The fourth-order valence-electron chi connectivity index (χ4n) is 2.68. The summed E-state index contributed by atoms with van der Waals surface area (Å²) in [6, 6.07) is 18.0. The number of para-hydroxylation sites is 1. The van der Waals surface area contributed by atoms with Gasteiger partial charge in [0, 0.05) is 12.1 Å². The predicted octanol–water partition coefficient (Wildman–Crippen LogP) is 1.17. The third-order valence-corrected chi connectivity index (χ3v) is 3.97. The minimum absolute atomic E-state index is 0.334. The summed E-state index contributed by atoms with van der Waals surface area (Å²) in [5.41, 5.74) is 0.853. The highest BCUT2D eigenvalue weighted by atomic mass is 16.5. The average Bonchev–Trinajstić information content (AvgIpc) is 2.64. The van der Waals surface area contributed by atoms with Crippen molar-refractivity contribution in [3.8, 4) is 5.75 Å². The van der Waals surface area contributed by atoms with E-state index in [4.69, 9.17) is 4.74 Å². The number of nitrogens with one attached hydrogen (secondary N) is 3. The lowest BCUT2D eigenvalue weighted by Crippen LogP contribution is -3.11. The van der Waals surface area contributed by atoms with Crippen molar-refractivity contribution in [2.24, 2.45) is 0 Å². The van der Waals surface area contributed by atoms with E-state index in [1.807, 2.05) is 67.7 Å². The van der Waals surface area contributed by atoms with Crippen molar-refractivity contribution in [3.05, 3.63) is 66.2 Å². The van der Waals surface area contributed by atoms with Gasteiger partial charge in [0.2, 0.25) is 0 Å². The fraction of sp³-hybridized carbons (Fsp3) is 0.300. The van der Waals surface area contributed by atoms with E-state index in [-0.39, 0.29) is 5.91 Å². The number of ether oxygens (including phenoxy) is 1. The summed E-state index contributed by atoms with van der Waals surface area (Å²) in [5.74, 6) is 0.461. The van der Waals surface area contributed by atoms with Gasteiger partial charge in [0.25, 0.3) is 5.91 Å². The quantitative estimate of drug-likeness (QED) is 0.665. The Morgan fingerprint density at radius 2 is 1.65 bits per heavy atom. The molecular weight excluding hydrogens is 330 g/mol. The molecule has 0 aliphatic carbocycles. The lowest BCUT2D eigenvalue weighted by molar-refractivity contribution is -0.902. The van der Waals surface area contributed by atoms with Crippen molar-refractivity contribution in [3.63, 3.8) is 0 Å². The van der Waals surface area contributed by atoms with Gasteiger partial charge in [0.05, 0.1) is 7.05 Å². The molecule has 3 amide bonds. The van der Waals surface area contributed by atoms with Gasteiger partial charge >= 0.3 is 6.03 Å². The molecule has 2 atom stereocenters. The van der Waals surface area contributed by atoms with Crippen LogP contribution < -0.4 is 20.3 Å². The molecule has 6 nitrogen and oxygen atoms in total. The van der Waals surface area contributed by atoms with Crippen LogP contribution >= 0.6 is 0 Å². The number of amides is 3. The molecule has 0 saturated carbocycles. The third kappa shape index (κ3) is 5.89. The predicted molar refractivity (Wildman–Crippen MR) is 100 cm³/mol. The van der Waals surface area contributed by atoms with E-state index in [1.54, 1.807) is 6.92 Å². The maximum atomic E-state index is 12.7. The molecule has 138 valence electrons. The Labute approximate surface area is 154 Å². The second-order valence-electron chi connectivity index (χ2n) is 5.95. The number of likely N-dealkylation sites (N-methyl/N-ethyl adjacent to an activating group) is 1. The molecular formula is C20H26N3O3+. The van der Waals surface area contributed by atoms with Crippen molar-refractivity contribution in [2.45, 2.75) is 13.0 Å². The first-order valence-electron chi connectivity index (χ1n) is 8.75. The van der Waals surface area contributed by atoms with Crippen LogP contribution in [-0.2, 0) is 4.79 Å². The summed E-state index contributed by atoms with van der Waals surface area (Å²) in [6.07, 6.45) is 0. The van der Waals surface area contributed by atoms with Crippen LogP contribution in [0, 0.1) is 0 Å². The van der Waals surface area contributed by atoms with Gasteiger partial charge in [-0.15, -0.1) is 0 Å². The molecule has 0 fully saturated rings. The standard InChI is InChI=1S/C20H25N3O3/c1-3-21-20(25)22-19(24)18(16-10-6-4-7-11-16)23(2)14-15-26-17-12-8-5-9-13-17/h4-13,18H,3,14-15H2,1-2H3,(H2,21,22,24,25)/p+1/t18-/m0/s1. The number of imide groups is 1. The van der Waals surface area contributed by atoms with E-state index in [0.717, 1.165) is 16.2 Å². The molecule has 0 saturated heterocycles. The first kappa shape index (κ1) is 19.5. The number of carbonyl (C=O) groups excluding carboxylic acids is 2. The third-order valence-electron chi connectivity index (χ3n) is 3.97. The molecule has 2 rings (SSSR count). The highest BCUT2D eigenvalue weighted by Gasteiger charge is 2.30. The Morgan fingerprint density at radius 3 is 2.27 bits per heavy atom. The first-order valence-corrected chi connectivity index (χ1v) is 8.75. The summed E-state index contributed by atoms with van der Waals surface area (Å²) >= 11 is 0. The lowest BCUT2D eigenvalue weighted by atomic mass is 10.0. The normalized spacial score (nSPS) is 12.7. The van der Waals surface area contributed by atoms with Gasteiger partial charge < -0.3 is 15.0 Å². The van der Waals surface area contributed by atoms with Crippen LogP contribution in [0.4, 0.5) is 4.79 Å². The summed E-state index contributed by atoms with van der Waals surface area (Å²) in [7, 11) is 1.92. The van der Waals surface area contributed by atoms with Gasteiger partial charge in [0.1, 0.15) is 18.9 Å². The highest BCUT2D eigenvalue weighted by molar-refractivity contribution is 5.96. The van der Waals surface area contributed by atoms with Gasteiger partial charge in [-0.2, -0.15) is 0 Å². The number of quaternary nitrogens is 1. The summed E-state index contributed by atoms with van der Waals surface area (Å²) in [4.78, 5) is 25.3. The Morgan fingerprint density at radius 1 is 1.04 bits per heavy atom. The Kier molecular flexibility index (Phi) is 7.64. The summed E-state index contributed by atoms with van der Waals surface area (Å²) < 4.78 is 5.73. The van der Waals surface area contributed by atoms with Crippen LogP contribution in [0.5, 0.6) is 5.75 Å². The van der Waals surface area contributed by atoms with Gasteiger partial charge in [-0.1, -0.05) is 48.5 Å². The van der Waals surface area contributed by atoms with E-state index >= 15 is 0 Å². The number of carbonyl (C=O) groups is 2. The molecule has 0 radical (unpaired) electrons. The number of urea groups is 1. The lowest BCUT2D eigenvalue weighted by Gasteiger charge is -2.24. The summed E-state index contributed by atoms with van der Waals surface area (Å²) in [6.45, 7) is 3.34. The highest BCUT2D eigenvalue weighted by Crippen LogP contribution is 2.10. The molecule has 1 unspecified atom stereocenters. The van der Waals surface area contributed by atoms with Crippen LogP contribution in [0.2, 0.25) is 0 Å². The zero-order valence-corrected chi connectivity index (χ0v) is 15.2. The van der Waals surface area contributed by atoms with Crippen molar-refractivity contribution in [2.75, 3.05) is 26.7 Å². The number of hydrogen-bond donors (Lipinski definition) is 3. The van der Waals surface area contributed by atoms with Crippen LogP contribution in [0.3, 0.4) is 0 Å². The maximum absolute atomic E-state index is 12.7. The molecule has 0 aromatic heterocycles. The van der Waals surface area contributed by atoms with Crippen molar-refractivity contribution >= 4 is 11.9 Å². The van der Waals surface area contributed by atoms with Gasteiger partial charge in [-0.3, -0.25) is 10.1 Å². The maximum Gasteiger partial charge on any atom is 0.321 e. The van der Waals surface area contributed by atoms with Crippen molar-refractivity contribution in [1.29, 1.82) is 0 Å². The van der Waals surface area contributed by atoms with Crippen LogP contribution in [-0.4, -0.2) is 38.7 Å². The van der Waals surface area contributed by atoms with E-state index in [0.29, 0.717) is 19.7 Å². The largest absolute Gasteiger partial charge is 0.488 e. The molecule has 0 aliphatic rings. The summed E-state index contributed by atoms with van der Waals surface area (Å²) in [5, 5.41) is 5.00. The zero-order chi connectivity index (χ0) is 18.8. The average molecular weight is 356 g/mol. The van der Waals surface area contributed by atoms with E-state index in [9.17, 15) is 9.59 Å². The van der Waals surface area contributed by atoms with Crippen LogP contribution in [0.15, 0.2) is 60.7 Å². The molecule has 3 N–H and O–H groups in total. The second kappa shape index (κ2) is 10.2. The number of rotatable bonds is 8. The molecule has 2 aromatic rings. The topological polar surface area (TPSA) is 71.9 Å². The molecule has 6 heteroatoms. The van der Waals surface area contributed by atoms with E-state index in [2.05, 4.69) is 10.6 Å². The number of hydrogen-bond acceptors (Lipinski definition) is 3. The molecule has 0 aliphatic heterocycles. The van der Waals surface area contributed by atoms with Crippen molar-refractivity contribution in [1.82, 2.24) is 10.6 Å². The minimum atomic E-state index is -0.502. The molecule has 0 spiro atoms.